The van der Waals surface area contributed by atoms with Gasteiger partial charge in [-0.1, -0.05) is 23.2 Å². The highest BCUT2D eigenvalue weighted by molar-refractivity contribution is 7.89. The Hall–Kier alpha value is -2.16. The summed E-state index contributed by atoms with van der Waals surface area (Å²) in [6.45, 7) is 3.76. The molecule has 0 saturated carbocycles. The van der Waals surface area contributed by atoms with Crippen LogP contribution in [0.5, 0.6) is 17.2 Å². The standard InChI is InChI=1S/C18H20Cl2N2O5S/c1-11(2)27-13-5-7-14(8-6-13)28(23,24)22-21-10-12-9-15(19)18(26-4)16(20)17(12)25-3/h5-11,22H,1-4H3/b21-10+. The lowest BCUT2D eigenvalue weighted by Gasteiger charge is -2.12. The van der Waals surface area contributed by atoms with Crippen molar-refractivity contribution in [3.63, 3.8) is 0 Å². The third-order valence-corrected chi connectivity index (χ3v) is 5.31. The molecule has 0 atom stereocenters. The molecule has 0 aromatic heterocycles. The minimum atomic E-state index is -3.86. The van der Waals surface area contributed by atoms with E-state index in [1.807, 2.05) is 13.8 Å². The van der Waals surface area contributed by atoms with Gasteiger partial charge in [0.1, 0.15) is 16.5 Å². The zero-order valence-electron chi connectivity index (χ0n) is 15.7. The van der Waals surface area contributed by atoms with Gasteiger partial charge in [0, 0.05) is 5.56 Å². The van der Waals surface area contributed by atoms with E-state index in [-0.39, 0.29) is 32.5 Å². The van der Waals surface area contributed by atoms with Crippen molar-refractivity contribution >= 4 is 39.4 Å². The predicted molar refractivity (Wildman–Crippen MR) is 110 cm³/mol. The Labute approximate surface area is 174 Å². The largest absolute Gasteiger partial charge is 0.494 e. The van der Waals surface area contributed by atoms with Gasteiger partial charge in [-0.25, -0.2) is 4.83 Å². The van der Waals surface area contributed by atoms with Crippen LogP contribution in [0.1, 0.15) is 19.4 Å². The minimum absolute atomic E-state index is 0.0108. The number of ether oxygens (including phenoxy) is 3. The molecule has 7 nitrogen and oxygen atoms in total. The average Bonchev–Trinajstić information content (AvgIpc) is 2.62. The number of nitrogens with zero attached hydrogens (tertiary/aromatic N) is 1. The molecule has 0 amide bonds. The smallest absolute Gasteiger partial charge is 0.276 e. The molecule has 152 valence electrons. The maximum absolute atomic E-state index is 12.4. The number of methoxy groups -OCH3 is 2. The second-order valence-corrected chi connectivity index (χ2v) is 8.27. The maximum atomic E-state index is 12.4. The fraction of sp³-hybridized carbons (Fsp3) is 0.278. The number of hydrogen-bond acceptors (Lipinski definition) is 6. The van der Waals surface area contributed by atoms with Gasteiger partial charge in [0.25, 0.3) is 10.0 Å². The lowest BCUT2D eigenvalue weighted by molar-refractivity contribution is 0.242. The highest BCUT2D eigenvalue weighted by Crippen LogP contribution is 2.41. The Kier molecular flexibility index (Phi) is 7.40. The Balaban J connectivity index is 2.22. The van der Waals surface area contributed by atoms with Gasteiger partial charge in [-0.15, -0.1) is 0 Å². The third-order valence-electron chi connectivity index (χ3n) is 3.45. The van der Waals surface area contributed by atoms with Crippen LogP contribution in [0.3, 0.4) is 0 Å². The summed E-state index contributed by atoms with van der Waals surface area (Å²) in [6.07, 6.45) is 1.23. The van der Waals surface area contributed by atoms with Gasteiger partial charge in [0.15, 0.2) is 5.75 Å². The number of rotatable bonds is 8. The van der Waals surface area contributed by atoms with Crippen molar-refractivity contribution in [2.75, 3.05) is 14.2 Å². The summed E-state index contributed by atoms with van der Waals surface area (Å²) in [4.78, 5) is 2.17. The molecule has 28 heavy (non-hydrogen) atoms. The van der Waals surface area contributed by atoms with Crippen molar-refractivity contribution in [1.82, 2.24) is 4.83 Å². The van der Waals surface area contributed by atoms with E-state index in [4.69, 9.17) is 37.4 Å². The third kappa shape index (κ3) is 5.21. The first-order chi connectivity index (χ1) is 13.2. The van der Waals surface area contributed by atoms with E-state index in [2.05, 4.69) is 9.93 Å². The summed E-state index contributed by atoms with van der Waals surface area (Å²) < 4.78 is 40.6. The first-order valence-corrected chi connectivity index (χ1v) is 10.3. The predicted octanol–water partition coefficient (Wildman–Crippen LogP) is 4.11. The first-order valence-electron chi connectivity index (χ1n) is 8.11. The lowest BCUT2D eigenvalue weighted by atomic mass is 10.2. The van der Waals surface area contributed by atoms with Crippen molar-refractivity contribution in [3.8, 4) is 17.2 Å². The van der Waals surface area contributed by atoms with Crippen LogP contribution >= 0.6 is 23.2 Å². The minimum Gasteiger partial charge on any atom is -0.494 e. The molecule has 2 aromatic carbocycles. The van der Waals surface area contributed by atoms with Gasteiger partial charge < -0.3 is 14.2 Å². The highest BCUT2D eigenvalue weighted by Gasteiger charge is 2.17. The molecule has 2 rings (SSSR count). The quantitative estimate of drug-likeness (QED) is 0.486. The molecule has 0 unspecified atom stereocenters. The van der Waals surface area contributed by atoms with E-state index in [0.29, 0.717) is 11.3 Å². The number of halogens is 2. The van der Waals surface area contributed by atoms with E-state index < -0.39 is 10.0 Å². The number of sulfonamides is 1. The van der Waals surface area contributed by atoms with Gasteiger partial charge in [-0.3, -0.25) is 0 Å². The summed E-state index contributed by atoms with van der Waals surface area (Å²) in [5.41, 5.74) is 0.377. The molecule has 2 aromatic rings. The van der Waals surface area contributed by atoms with E-state index in [1.54, 1.807) is 12.1 Å². The summed E-state index contributed by atoms with van der Waals surface area (Å²) in [7, 11) is -1.03. The number of hydrazone groups is 1. The van der Waals surface area contributed by atoms with Gasteiger partial charge in [0.05, 0.1) is 36.5 Å². The Morgan fingerprint density at radius 3 is 2.21 bits per heavy atom. The summed E-state index contributed by atoms with van der Waals surface area (Å²) in [6, 6.07) is 7.50. The van der Waals surface area contributed by atoms with Crippen LogP contribution in [0.25, 0.3) is 0 Å². The molecular weight excluding hydrogens is 427 g/mol. The molecule has 0 saturated heterocycles. The number of benzene rings is 2. The van der Waals surface area contributed by atoms with E-state index in [1.165, 1.54) is 38.6 Å². The van der Waals surface area contributed by atoms with Crippen LogP contribution in [0.4, 0.5) is 0 Å². The Morgan fingerprint density at radius 2 is 1.68 bits per heavy atom. The average molecular weight is 447 g/mol. The summed E-state index contributed by atoms with van der Waals surface area (Å²) >= 11 is 12.3. The molecular formula is C18H20Cl2N2O5S. The van der Waals surface area contributed by atoms with Gasteiger partial charge in [-0.2, -0.15) is 13.5 Å². The monoisotopic (exact) mass is 446 g/mol. The molecule has 0 radical (unpaired) electrons. The normalized spacial score (nSPS) is 11.7. The van der Waals surface area contributed by atoms with Gasteiger partial charge in [-0.05, 0) is 44.2 Å². The van der Waals surface area contributed by atoms with Crippen molar-refractivity contribution in [2.45, 2.75) is 24.8 Å². The molecule has 0 aliphatic rings. The highest BCUT2D eigenvalue weighted by atomic mass is 35.5. The first kappa shape index (κ1) is 22.1. The van der Waals surface area contributed by atoms with Crippen LogP contribution < -0.4 is 19.0 Å². The van der Waals surface area contributed by atoms with Gasteiger partial charge >= 0.3 is 0 Å². The molecule has 1 N–H and O–H groups in total. The fourth-order valence-electron chi connectivity index (χ4n) is 2.28. The molecule has 0 spiro atoms. The molecule has 0 fully saturated rings. The topological polar surface area (TPSA) is 86.2 Å². The number of hydrogen-bond donors (Lipinski definition) is 1. The maximum Gasteiger partial charge on any atom is 0.276 e. The summed E-state index contributed by atoms with van der Waals surface area (Å²) in [5, 5.41) is 4.16. The summed E-state index contributed by atoms with van der Waals surface area (Å²) in [5.74, 6) is 1.08. The second-order valence-electron chi connectivity index (χ2n) is 5.82. The van der Waals surface area contributed by atoms with Crippen molar-refractivity contribution in [2.24, 2.45) is 5.10 Å². The van der Waals surface area contributed by atoms with Crippen molar-refractivity contribution < 1.29 is 22.6 Å². The van der Waals surface area contributed by atoms with E-state index in [0.717, 1.165) is 0 Å². The Morgan fingerprint density at radius 1 is 1.07 bits per heavy atom. The van der Waals surface area contributed by atoms with Crippen LogP contribution in [0, 0.1) is 0 Å². The van der Waals surface area contributed by atoms with Crippen molar-refractivity contribution in [1.29, 1.82) is 0 Å². The van der Waals surface area contributed by atoms with Crippen LogP contribution in [-0.2, 0) is 10.0 Å². The van der Waals surface area contributed by atoms with Crippen LogP contribution in [0.2, 0.25) is 10.0 Å². The van der Waals surface area contributed by atoms with Crippen molar-refractivity contribution in [3.05, 3.63) is 45.9 Å². The zero-order chi connectivity index (χ0) is 20.9. The zero-order valence-corrected chi connectivity index (χ0v) is 18.0. The molecule has 0 bridgehead atoms. The van der Waals surface area contributed by atoms with Crippen LogP contribution in [-0.4, -0.2) is 35.0 Å². The Bertz CT molecular complexity index is 961. The molecule has 0 aliphatic carbocycles. The molecule has 10 heteroatoms. The van der Waals surface area contributed by atoms with Crippen LogP contribution in [0.15, 0.2) is 40.3 Å². The lowest BCUT2D eigenvalue weighted by Crippen LogP contribution is -2.18. The fourth-order valence-corrected chi connectivity index (χ4v) is 3.77. The SMILES string of the molecule is COc1c(Cl)cc(/C=N/NS(=O)(=O)c2ccc(OC(C)C)cc2)c(OC)c1Cl. The van der Waals surface area contributed by atoms with Gasteiger partial charge in [0.2, 0.25) is 0 Å². The number of nitrogens with one attached hydrogen (secondary N) is 1. The second kappa shape index (κ2) is 9.36. The van der Waals surface area contributed by atoms with E-state index in [9.17, 15) is 8.42 Å². The molecule has 0 heterocycles. The molecule has 0 aliphatic heterocycles. The van der Waals surface area contributed by atoms with E-state index >= 15 is 0 Å².